The van der Waals surface area contributed by atoms with Gasteiger partial charge in [-0.3, -0.25) is 4.68 Å². The fourth-order valence-corrected chi connectivity index (χ4v) is 2.49. The second-order valence-corrected chi connectivity index (χ2v) is 5.37. The zero-order valence-electron chi connectivity index (χ0n) is 11.4. The summed E-state index contributed by atoms with van der Waals surface area (Å²) in [6.07, 6.45) is 8.18. The lowest BCUT2D eigenvalue weighted by molar-refractivity contribution is 0.532. The third-order valence-electron chi connectivity index (χ3n) is 3.60. The molecule has 0 amide bonds. The third kappa shape index (κ3) is 2.20. The Morgan fingerprint density at radius 2 is 2.00 bits per heavy atom. The summed E-state index contributed by atoms with van der Waals surface area (Å²) in [5, 5.41) is 4.33. The normalized spacial score (nSPS) is 14.7. The highest BCUT2D eigenvalue weighted by molar-refractivity contribution is 5.57. The number of nitrogen functional groups attached to an aromatic ring is 1. The van der Waals surface area contributed by atoms with E-state index >= 15 is 0 Å². The van der Waals surface area contributed by atoms with Crippen molar-refractivity contribution in [3.05, 3.63) is 23.7 Å². The molecule has 0 aliphatic heterocycles. The number of nitrogens with two attached hydrogens (primary N) is 1. The quantitative estimate of drug-likeness (QED) is 0.896. The molecule has 0 unspecified atom stereocenters. The fourth-order valence-electron chi connectivity index (χ4n) is 2.49. The van der Waals surface area contributed by atoms with Crippen molar-refractivity contribution in [3.63, 3.8) is 0 Å². The number of fused-ring (bicyclic) bond motifs is 1. The van der Waals surface area contributed by atoms with E-state index in [0.29, 0.717) is 17.7 Å². The lowest BCUT2D eigenvalue weighted by Gasteiger charge is -2.16. The van der Waals surface area contributed by atoms with E-state index in [4.69, 9.17) is 5.73 Å². The molecule has 2 N–H and O–H groups in total. The smallest absolute Gasteiger partial charge is 0.164 e. The van der Waals surface area contributed by atoms with E-state index in [1.807, 2.05) is 17.1 Å². The van der Waals surface area contributed by atoms with Crippen LogP contribution in [0.4, 0.5) is 5.82 Å². The van der Waals surface area contributed by atoms with Crippen molar-refractivity contribution in [3.8, 4) is 11.4 Å². The van der Waals surface area contributed by atoms with Gasteiger partial charge < -0.3 is 5.73 Å². The maximum Gasteiger partial charge on any atom is 0.164 e. The van der Waals surface area contributed by atoms with Gasteiger partial charge in [0.05, 0.1) is 11.8 Å². The first kappa shape index (κ1) is 12.1. The van der Waals surface area contributed by atoms with Gasteiger partial charge >= 0.3 is 0 Å². The molecule has 0 aromatic carbocycles. The largest absolute Gasteiger partial charge is 0.383 e. The maximum atomic E-state index is 6.07. The van der Waals surface area contributed by atoms with Crippen LogP contribution in [-0.4, -0.2) is 19.7 Å². The number of anilines is 1. The van der Waals surface area contributed by atoms with Gasteiger partial charge in [-0.15, -0.1) is 0 Å². The number of aryl methyl sites for hydroxylation is 1. The number of hydrogen-bond donors (Lipinski definition) is 1. The van der Waals surface area contributed by atoms with E-state index in [1.165, 1.54) is 12.8 Å². The van der Waals surface area contributed by atoms with E-state index in [2.05, 4.69) is 28.9 Å². The summed E-state index contributed by atoms with van der Waals surface area (Å²) >= 11 is 0. The Morgan fingerprint density at radius 3 is 2.74 bits per heavy atom. The minimum Gasteiger partial charge on any atom is -0.383 e. The van der Waals surface area contributed by atoms with Crippen molar-refractivity contribution in [1.29, 1.82) is 0 Å². The minimum atomic E-state index is 0.337. The molecule has 0 saturated carbocycles. The predicted octanol–water partition coefficient (Wildman–Crippen LogP) is 2.38. The van der Waals surface area contributed by atoms with Gasteiger partial charge in [0.2, 0.25) is 0 Å². The second kappa shape index (κ2) is 4.64. The van der Waals surface area contributed by atoms with Crippen LogP contribution in [0.5, 0.6) is 0 Å². The van der Waals surface area contributed by atoms with Gasteiger partial charge in [0, 0.05) is 23.5 Å². The standard InChI is InChI=1S/C14H19N5/c1-9(2)19-8-10(7-16-19)14-17-12-6-4-3-5-11(12)13(15)18-14/h7-9H,3-6H2,1-2H3,(H2,15,17,18). The van der Waals surface area contributed by atoms with Crippen molar-refractivity contribution < 1.29 is 0 Å². The van der Waals surface area contributed by atoms with E-state index < -0.39 is 0 Å². The number of rotatable bonds is 2. The Kier molecular flexibility index (Phi) is 2.97. The van der Waals surface area contributed by atoms with Crippen molar-refractivity contribution >= 4 is 5.82 Å². The van der Waals surface area contributed by atoms with E-state index in [0.717, 1.165) is 29.7 Å². The highest BCUT2D eigenvalue weighted by Crippen LogP contribution is 2.26. The Balaban J connectivity index is 2.02. The third-order valence-corrected chi connectivity index (χ3v) is 3.60. The van der Waals surface area contributed by atoms with Crippen LogP contribution >= 0.6 is 0 Å². The predicted molar refractivity (Wildman–Crippen MR) is 74.7 cm³/mol. The Hall–Kier alpha value is -1.91. The molecule has 1 aliphatic carbocycles. The molecule has 1 aliphatic rings. The number of aromatic nitrogens is 4. The molecule has 0 spiro atoms. The van der Waals surface area contributed by atoms with Crippen LogP contribution < -0.4 is 5.73 Å². The van der Waals surface area contributed by atoms with Crippen LogP contribution in [0, 0.1) is 0 Å². The van der Waals surface area contributed by atoms with Gasteiger partial charge in [-0.1, -0.05) is 0 Å². The van der Waals surface area contributed by atoms with E-state index in [9.17, 15) is 0 Å². The molecule has 2 aromatic rings. The van der Waals surface area contributed by atoms with Gasteiger partial charge in [0.25, 0.3) is 0 Å². The second-order valence-electron chi connectivity index (χ2n) is 5.37. The molecule has 3 rings (SSSR count). The summed E-state index contributed by atoms with van der Waals surface area (Å²) in [4.78, 5) is 9.12. The van der Waals surface area contributed by atoms with Gasteiger partial charge in [0.1, 0.15) is 5.82 Å². The highest BCUT2D eigenvalue weighted by atomic mass is 15.3. The van der Waals surface area contributed by atoms with Gasteiger partial charge in [-0.2, -0.15) is 5.10 Å². The van der Waals surface area contributed by atoms with E-state index in [1.54, 1.807) is 0 Å². The molecule has 5 nitrogen and oxygen atoms in total. The Bertz CT molecular complexity index is 600. The molecule has 5 heteroatoms. The monoisotopic (exact) mass is 257 g/mol. The summed E-state index contributed by atoms with van der Waals surface area (Å²) < 4.78 is 1.91. The van der Waals surface area contributed by atoms with E-state index in [-0.39, 0.29) is 0 Å². The average molecular weight is 257 g/mol. The minimum absolute atomic E-state index is 0.337. The Morgan fingerprint density at radius 1 is 1.21 bits per heavy atom. The molecular formula is C14H19N5. The highest BCUT2D eigenvalue weighted by Gasteiger charge is 2.17. The zero-order chi connectivity index (χ0) is 13.4. The number of hydrogen-bond acceptors (Lipinski definition) is 4. The molecule has 100 valence electrons. The fraction of sp³-hybridized carbons (Fsp3) is 0.500. The van der Waals surface area contributed by atoms with Crippen molar-refractivity contribution in [2.24, 2.45) is 0 Å². The molecule has 0 radical (unpaired) electrons. The van der Waals surface area contributed by atoms with Crippen molar-refractivity contribution in [2.45, 2.75) is 45.6 Å². The van der Waals surface area contributed by atoms with Gasteiger partial charge in [0.15, 0.2) is 5.82 Å². The van der Waals surface area contributed by atoms with Crippen LogP contribution in [0.2, 0.25) is 0 Å². The van der Waals surface area contributed by atoms with Crippen LogP contribution in [0.3, 0.4) is 0 Å². The molecule has 2 heterocycles. The van der Waals surface area contributed by atoms with Gasteiger partial charge in [-0.25, -0.2) is 9.97 Å². The summed E-state index contributed by atoms with van der Waals surface area (Å²) in [5.41, 5.74) is 9.27. The topological polar surface area (TPSA) is 69.6 Å². The first-order valence-corrected chi connectivity index (χ1v) is 6.85. The van der Waals surface area contributed by atoms with Crippen molar-refractivity contribution in [2.75, 3.05) is 5.73 Å². The Labute approximate surface area is 112 Å². The summed E-state index contributed by atoms with van der Waals surface area (Å²) in [5.74, 6) is 1.34. The van der Waals surface area contributed by atoms with Crippen LogP contribution in [0.25, 0.3) is 11.4 Å². The van der Waals surface area contributed by atoms with Crippen molar-refractivity contribution in [1.82, 2.24) is 19.7 Å². The zero-order valence-corrected chi connectivity index (χ0v) is 11.4. The first-order valence-electron chi connectivity index (χ1n) is 6.85. The molecule has 0 fully saturated rings. The molecular weight excluding hydrogens is 238 g/mol. The SMILES string of the molecule is CC(C)n1cc(-c2nc(N)c3c(n2)CCCC3)cn1. The average Bonchev–Trinajstić information content (AvgIpc) is 2.88. The summed E-state index contributed by atoms with van der Waals surface area (Å²) in [6.45, 7) is 4.19. The number of nitrogens with zero attached hydrogens (tertiary/aromatic N) is 4. The molecule has 19 heavy (non-hydrogen) atoms. The molecule has 0 bridgehead atoms. The summed E-state index contributed by atoms with van der Waals surface area (Å²) in [6, 6.07) is 0.337. The van der Waals surface area contributed by atoms with Crippen LogP contribution in [0.15, 0.2) is 12.4 Å². The summed E-state index contributed by atoms with van der Waals surface area (Å²) in [7, 11) is 0. The molecule has 2 aromatic heterocycles. The molecule has 0 saturated heterocycles. The first-order chi connectivity index (χ1) is 9.15. The van der Waals surface area contributed by atoms with Gasteiger partial charge in [-0.05, 0) is 39.5 Å². The lowest BCUT2D eigenvalue weighted by Crippen LogP contribution is -2.11. The lowest BCUT2D eigenvalue weighted by atomic mass is 9.96. The molecule has 0 atom stereocenters. The van der Waals surface area contributed by atoms with Crippen LogP contribution in [-0.2, 0) is 12.8 Å². The maximum absolute atomic E-state index is 6.07. The van der Waals surface area contributed by atoms with Crippen LogP contribution in [0.1, 0.15) is 44.0 Å².